The third-order valence-electron chi connectivity index (χ3n) is 3.40. The summed E-state index contributed by atoms with van der Waals surface area (Å²) in [6.45, 7) is 10.5. The van der Waals surface area contributed by atoms with Gasteiger partial charge in [-0.25, -0.2) is 0 Å². The molecule has 1 unspecified atom stereocenters. The van der Waals surface area contributed by atoms with Crippen LogP contribution >= 0.6 is 0 Å². The predicted molar refractivity (Wildman–Crippen MR) is 78.4 cm³/mol. The van der Waals surface area contributed by atoms with Crippen LogP contribution in [0.4, 0.5) is 0 Å². The van der Waals surface area contributed by atoms with Crippen molar-refractivity contribution in [2.24, 2.45) is 0 Å². The Bertz CT molecular complexity index is 349. The first-order valence-corrected chi connectivity index (χ1v) is 7.07. The van der Waals surface area contributed by atoms with E-state index in [-0.39, 0.29) is 0 Å². The molecule has 0 saturated carbocycles. The number of benzene rings is 1. The molecule has 0 spiro atoms. The molecule has 0 bridgehead atoms. The van der Waals surface area contributed by atoms with E-state index >= 15 is 0 Å². The fraction of sp³-hybridized carbons (Fsp3) is 0.625. The fourth-order valence-electron chi connectivity index (χ4n) is 2.07. The standard InChI is InChI=1S/C16H27NO/c1-5-17-14(3)10-6-7-12-18-16-11-8-9-13(2)15(16)4/h8-9,11,14,17H,5-7,10,12H2,1-4H3. The first-order chi connectivity index (χ1) is 8.65. The Labute approximate surface area is 112 Å². The molecule has 0 aliphatic carbocycles. The number of hydrogen-bond acceptors (Lipinski definition) is 2. The molecule has 0 aliphatic heterocycles. The third kappa shape index (κ3) is 5.09. The van der Waals surface area contributed by atoms with Crippen LogP contribution in [0.25, 0.3) is 0 Å². The lowest BCUT2D eigenvalue weighted by Crippen LogP contribution is -2.25. The molecule has 0 aliphatic rings. The first kappa shape index (κ1) is 15.0. The molecule has 0 aromatic heterocycles. The second kappa shape index (κ2) is 8.15. The van der Waals surface area contributed by atoms with Gasteiger partial charge < -0.3 is 10.1 Å². The van der Waals surface area contributed by atoms with Crippen molar-refractivity contribution in [2.45, 2.75) is 53.0 Å². The van der Waals surface area contributed by atoms with Gasteiger partial charge in [-0.15, -0.1) is 0 Å². The van der Waals surface area contributed by atoms with E-state index in [4.69, 9.17) is 4.74 Å². The van der Waals surface area contributed by atoms with E-state index in [0.29, 0.717) is 6.04 Å². The summed E-state index contributed by atoms with van der Waals surface area (Å²) in [5.41, 5.74) is 2.56. The van der Waals surface area contributed by atoms with Crippen LogP contribution in [0.5, 0.6) is 5.75 Å². The Balaban J connectivity index is 2.20. The monoisotopic (exact) mass is 249 g/mol. The second-order valence-corrected chi connectivity index (χ2v) is 5.00. The van der Waals surface area contributed by atoms with Gasteiger partial charge in [0.15, 0.2) is 0 Å². The van der Waals surface area contributed by atoms with Gasteiger partial charge in [0.25, 0.3) is 0 Å². The minimum Gasteiger partial charge on any atom is -0.493 e. The zero-order valence-corrected chi connectivity index (χ0v) is 12.3. The van der Waals surface area contributed by atoms with Crippen LogP contribution in [0.3, 0.4) is 0 Å². The topological polar surface area (TPSA) is 21.3 Å². The summed E-state index contributed by atoms with van der Waals surface area (Å²) < 4.78 is 5.84. The van der Waals surface area contributed by atoms with Gasteiger partial charge in [-0.1, -0.05) is 19.1 Å². The number of unbranched alkanes of at least 4 members (excludes halogenated alkanes) is 1. The molecule has 2 heteroatoms. The van der Waals surface area contributed by atoms with Gasteiger partial charge in [0.05, 0.1) is 6.61 Å². The summed E-state index contributed by atoms with van der Waals surface area (Å²) in [7, 11) is 0. The molecule has 1 N–H and O–H groups in total. The molecule has 0 amide bonds. The van der Waals surface area contributed by atoms with Crippen molar-refractivity contribution >= 4 is 0 Å². The van der Waals surface area contributed by atoms with Crippen molar-refractivity contribution in [1.82, 2.24) is 5.32 Å². The number of aryl methyl sites for hydroxylation is 1. The summed E-state index contributed by atoms with van der Waals surface area (Å²) >= 11 is 0. The lowest BCUT2D eigenvalue weighted by Gasteiger charge is -2.13. The average molecular weight is 249 g/mol. The summed E-state index contributed by atoms with van der Waals surface area (Å²) in [6.07, 6.45) is 3.58. The Morgan fingerprint density at radius 2 is 2.00 bits per heavy atom. The Morgan fingerprint density at radius 1 is 1.22 bits per heavy atom. The van der Waals surface area contributed by atoms with Gasteiger partial charge in [-0.05, 0) is 63.8 Å². The highest BCUT2D eigenvalue weighted by molar-refractivity contribution is 5.38. The van der Waals surface area contributed by atoms with E-state index < -0.39 is 0 Å². The summed E-state index contributed by atoms with van der Waals surface area (Å²) in [5, 5.41) is 3.43. The lowest BCUT2D eigenvalue weighted by atomic mass is 10.1. The van der Waals surface area contributed by atoms with Crippen molar-refractivity contribution in [3.63, 3.8) is 0 Å². The molecule has 1 aromatic carbocycles. The van der Waals surface area contributed by atoms with Crippen LogP contribution in [-0.4, -0.2) is 19.2 Å². The van der Waals surface area contributed by atoms with Gasteiger partial charge in [0.1, 0.15) is 5.75 Å². The van der Waals surface area contributed by atoms with E-state index in [0.717, 1.165) is 25.3 Å². The SMILES string of the molecule is CCNC(C)CCCCOc1cccc(C)c1C. The normalized spacial score (nSPS) is 12.4. The molecule has 18 heavy (non-hydrogen) atoms. The Kier molecular flexibility index (Phi) is 6.81. The van der Waals surface area contributed by atoms with Gasteiger partial charge >= 0.3 is 0 Å². The number of nitrogens with one attached hydrogen (secondary N) is 1. The lowest BCUT2D eigenvalue weighted by molar-refractivity contribution is 0.300. The highest BCUT2D eigenvalue weighted by Crippen LogP contribution is 2.20. The maximum Gasteiger partial charge on any atom is 0.122 e. The molecule has 0 fully saturated rings. The summed E-state index contributed by atoms with van der Waals surface area (Å²) in [5.74, 6) is 1.04. The second-order valence-electron chi connectivity index (χ2n) is 5.00. The highest BCUT2D eigenvalue weighted by atomic mass is 16.5. The van der Waals surface area contributed by atoms with E-state index in [2.05, 4.69) is 51.2 Å². The van der Waals surface area contributed by atoms with Gasteiger partial charge in [-0.2, -0.15) is 0 Å². The van der Waals surface area contributed by atoms with Crippen LogP contribution in [0, 0.1) is 13.8 Å². The van der Waals surface area contributed by atoms with Crippen molar-refractivity contribution in [3.8, 4) is 5.75 Å². The van der Waals surface area contributed by atoms with E-state index in [1.54, 1.807) is 0 Å². The number of hydrogen-bond donors (Lipinski definition) is 1. The van der Waals surface area contributed by atoms with E-state index in [9.17, 15) is 0 Å². The van der Waals surface area contributed by atoms with Crippen LogP contribution in [0.2, 0.25) is 0 Å². The van der Waals surface area contributed by atoms with Crippen molar-refractivity contribution in [1.29, 1.82) is 0 Å². The van der Waals surface area contributed by atoms with Crippen LogP contribution in [0.1, 0.15) is 44.2 Å². The molecule has 0 radical (unpaired) electrons. The Hall–Kier alpha value is -1.02. The van der Waals surface area contributed by atoms with Gasteiger partial charge in [0, 0.05) is 6.04 Å². The number of ether oxygens (including phenoxy) is 1. The predicted octanol–water partition coefficient (Wildman–Crippen LogP) is 3.85. The maximum atomic E-state index is 5.84. The molecular formula is C16H27NO. The minimum atomic E-state index is 0.621. The fourth-order valence-corrected chi connectivity index (χ4v) is 2.07. The molecule has 1 atom stereocenters. The smallest absolute Gasteiger partial charge is 0.122 e. The van der Waals surface area contributed by atoms with Crippen molar-refractivity contribution in [3.05, 3.63) is 29.3 Å². The maximum absolute atomic E-state index is 5.84. The largest absolute Gasteiger partial charge is 0.493 e. The molecular weight excluding hydrogens is 222 g/mol. The van der Waals surface area contributed by atoms with Crippen LogP contribution < -0.4 is 10.1 Å². The average Bonchev–Trinajstić information content (AvgIpc) is 2.34. The molecule has 1 aromatic rings. The van der Waals surface area contributed by atoms with Crippen molar-refractivity contribution < 1.29 is 4.74 Å². The summed E-state index contributed by atoms with van der Waals surface area (Å²) in [4.78, 5) is 0. The summed E-state index contributed by atoms with van der Waals surface area (Å²) in [6, 6.07) is 6.87. The molecule has 0 heterocycles. The molecule has 0 saturated heterocycles. The van der Waals surface area contributed by atoms with Crippen LogP contribution in [-0.2, 0) is 0 Å². The zero-order chi connectivity index (χ0) is 13.4. The van der Waals surface area contributed by atoms with Gasteiger partial charge in [0.2, 0.25) is 0 Å². The highest BCUT2D eigenvalue weighted by Gasteiger charge is 2.02. The van der Waals surface area contributed by atoms with Gasteiger partial charge in [-0.3, -0.25) is 0 Å². The molecule has 2 nitrogen and oxygen atoms in total. The first-order valence-electron chi connectivity index (χ1n) is 7.07. The minimum absolute atomic E-state index is 0.621. The molecule has 102 valence electrons. The zero-order valence-electron chi connectivity index (χ0n) is 12.3. The molecule has 1 rings (SSSR count). The Morgan fingerprint density at radius 3 is 2.72 bits per heavy atom. The third-order valence-corrected chi connectivity index (χ3v) is 3.40. The number of rotatable bonds is 8. The van der Waals surface area contributed by atoms with Crippen LogP contribution in [0.15, 0.2) is 18.2 Å². The quantitative estimate of drug-likeness (QED) is 0.707. The van der Waals surface area contributed by atoms with E-state index in [1.165, 1.54) is 24.0 Å². The van der Waals surface area contributed by atoms with Crippen molar-refractivity contribution in [2.75, 3.05) is 13.2 Å². The van der Waals surface area contributed by atoms with E-state index in [1.807, 2.05) is 0 Å².